The summed E-state index contributed by atoms with van der Waals surface area (Å²) in [5.41, 5.74) is 1.78. The molecule has 5 heteroatoms. The van der Waals surface area contributed by atoms with E-state index in [2.05, 4.69) is 10.6 Å². The monoisotopic (exact) mass is 280 g/mol. The number of hydrogen-bond donors (Lipinski definition) is 2. The van der Waals surface area contributed by atoms with Crippen LogP contribution in [0.3, 0.4) is 0 Å². The predicted molar refractivity (Wildman–Crippen MR) is 79.9 cm³/mol. The summed E-state index contributed by atoms with van der Waals surface area (Å²) in [6, 6.07) is 7.60. The van der Waals surface area contributed by atoms with E-state index in [1.165, 1.54) is 0 Å². The number of benzene rings is 1. The van der Waals surface area contributed by atoms with Crippen LogP contribution in [0, 0.1) is 0 Å². The van der Waals surface area contributed by atoms with E-state index in [9.17, 15) is 4.79 Å². The van der Waals surface area contributed by atoms with Crippen molar-refractivity contribution in [2.45, 2.75) is 32.9 Å². The number of carbonyl (C=O) groups excluding carboxylic acids is 1. The highest BCUT2D eigenvalue weighted by Gasteiger charge is 2.05. The Labute approximate surface area is 120 Å². The van der Waals surface area contributed by atoms with Crippen molar-refractivity contribution in [2.24, 2.45) is 0 Å². The zero-order chi connectivity index (χ0) is 14.8. The van der Waals surface area contributed by atoms with Gasteiger partial charge in [-0.1, -0.05) is 19.1 Å². The van der Waals surface area contributed by atoms with E-state index in [4.69, 9.17) is 9.47 Å². The molecule has 0 radical (unpaired) electrons. The fourth-order valence-electron chi connectivity index (χ4n) is 1.56. The third-order valence-corrected chi connectivity index (χ3v) is 2.88. The number of amides is 2. The van der Waals surface area contributed by atoms with Gasteiger partial charge in [0.2, 0.25) is 0 Å². The summed E-state index contributed by atoms with van der Waals surface area (Å²) >= 11 is 0. The van der Waals surface area contributed by atoms with Gasteiger partial charge in [-0.05, 0) is 31.0 Å². The van der Waals surface area contributed by atoms with Crippen molar-refractivity contribution in [1.29, 1.82) is 0 Å². The van der Waals surface area contributed by atoms with Gasteiger partial charge in [-0.2, -0.15) is 0 Å². The van der Waals surface area contributed by atoms with Gasteiger partial charge >= 0.3 is 6.03 Å². The number of hydrogen-bond acceptors (Lipinski definition) is 3. The highest BCUT2D eigenvalue weighted by atomic mass is 16.5. The maximum absolute atomic E-state index is 11.7. The van der Waals surface area contributed by atoms with Gasteiger partial charge in [-0.15, -0.1) is 0 Å². The lowest BCUT2D eigenvalue weighted by molar-refractivity contribution is 0.0617. The first-order valence-electron chi connectivity index (χ1n) is 6.88. The van der Waals surface area contributed by atoms with Crippen LogP contribution in [0.2, 0.25) is 0 Å². The molecule has 0 saturated heterocycles. The molecule has 0 aliphatic carbocycles. The first kappa shape index (κ1) is 16.5. The Bertz CT molecular complexity index is 410. The molecule has 2 N–H and O–H groups in total. The fraction of sp³-hybridized carbons (Fsp3) is 0.533. The molecule has 0 aromatic heterocycles. The highest BCUT2D eigenvalue weighted by molar-refractivity contribution is 5.89. The Hall–Kier alpha value is -1.59. The zero-order valence-electron chi connectivity index (χ0n) is 12.4. The van der Waals surface area contributed by atoms with E-state index in [-0.39, 0.29) is 12.1 Å². The van der Waals surface area contributed by atoms with E-state index in [0.717, 1.165) is 17.7 Å². The molecule has 0 fully saturated rings. The van der Waals surface area contributed by atoms with Crippen LogP contribution in [0.25, 0.3) is 0 Å². The average molecular weight is 280 g/mol. The van der Waals surface area contributed by atoms with Crippen molar-refractivity contribution in [3.63, 3.8) is 0 Å². The molecule has 5 nitrogen and oxygen atoms in total. The van der Waals surface area contributed by atoms with Gasteiger partial charge in [-0.25, -0.2) is 4.79 Å². The molecule has 20 heavy (non-hydrogen) atoms. The maximum atomic E-state index is 11.7. The second-order valence-corrected chi connectivity index (χ2v) is 4.65. The van der Waals surface area contributed by atoms with Crippen molar-refractivity contribution in [2.75, 3.05) is 25.6 Å². The van der Waals surface area contributed by atoms with Gasteiger partial charge in [0.1, 0.15) is 0 Å². The van der Waals surface area contributed by atoms with Crippen LogP contribution >= 0.6 is 0 Å². The van der Waals surface area contributed by atoms with Gasteiger partial charge in [0.25, 0.3) is 0 Å². The molecule has 0 saturated carbocycles. The molecule has 1 aromatic carbocycles. The van der Waals surface area contributed by atoms with Gasteiger partial charge in [0.15, 0.2) is 0 Å². The van der Waals surface area contributed by atoms with E-state index < -0.39 is 0 Å². The Morgan fingerprint density at radius 1 is 1.35 bits per heavy atom. The van der Waals surface area contributed by atoms with Crippen molar-refractivity contribution in [1.82, 2.24) is 5.32 Å². The van der Waals surface area contributed by atoms with E-state index in [1.54, 1.807) is 7.11 Å². The number of anilines is 1. The predicted octanol–water partition coefficient (Wildman–Crippen LogP) is 2.77. The van der Waals surface area contributed by atoms with Crippen LogP contribution in [0.15, 0.2) is 24.3 Å². The van der Waals surface area contributed by atoms with Crippen LogP contribution in [-0.4, -0.2) is 32.4 Å². The second-order valence-electron chi connectivity index (χ2n) is 4.65. The zero-order valence-corrected chi connectivity index (χ0v) is 12.4. The standard InChI is InChI=1S/C15H24N2O3/c1-4-12(2)16-15(18)17-14-7-5-6-13(10-14)11-20-9-8-19-3/h5-7,10,12H,4,8-9,11H2,1-3H3,(H2,16,17,18). The minimum Gasteiger partial charge on any atom is -0.382 e. The van der Waals surface area contributed by atoms with E-state index in [1.807, 2.05) is 38.1 Å². The summed E-state index contributed by atoms with van der Waals surface area (Å²) in [6.07, 6.45) is 0.904. The molecule has 112 valence electrons. The number of urea groups is 1. The Balaban J connectivity index is 2.44. The first-order chi connectivity index (χ1) is 9.65. The van der Waals surface area contributed by atoms with Gasteiger partial charge in [-0.3, -0.25) is 0 Å². The summed E-state index contributed by atoms with van der Waals surface area (Å²) in [6.45, 7) is 5.65. The van der Waals surface area contributed by atoms with E-state index >= 15 is 0 Å². The molecular formula is C15H24N2O3. The molecule has 0 heterocycles. The minimum atomic E-state index is -0.184. The lowest BCUT2D eigenvalue weighted by Crippen LogP contribution is -2.35. The summed E-state index contributed by atoms with van der Waals surface area (Å²) in [5.74, 6) is 0. The van der Waals surface area contributed by atoms with Gasteiger partial charge in [0, 0.05) is 18.8 Å². The van der Waals surface area contributed by atoms with Crippen molar-refractivity contribution in [3.05, 3.63) is 29.8 Å². The fourth-order valence-corrected chi connectivity index (χ4v) is 1.56. The SMILES string of the molecule is CCC(C)NC(=O)Nc1cccc(COCCOC)c1. The molecule has 2 amide bonds. The average Bonchev–Trinajstić information content (AvgIpc) is 2.43. The number of rotatable bonds is 8. The van der Waals surface area contributed by atoms with Crippen molar-refractivity contribution in [3.8, 4) is 0 Å². The summed E-state index contributed by atoms with van der Waals surface area (Å²) in [5, 5.41) is 5.68. The van der Waals surface area contributed by atoms with Gasteiger partial charge in [0.05, 0.1) is 19.8 Å². The molecule has 0 aliphatic rings. The summed E-state index contributed by atoms with van der Waals surface area (Å²) in [7, 11) is 1.64. The first-order valence-corrected chi connectivity index (χ1v) is 6.88. The van der Waals surface area contributed by atoms with Crippen LogP contribution in [0.5, 0.6) is 0 Å². The van der Waals surface area contributed by atoms with Gasteiger partial charge < -0.3 is 20.1 Å². The Morgan fingerprint density at radius 2 is 2.15 bits per heavy atom. The molecule has 1 aromatic rings. The van der Waals surface area contributed by atoms with Crippen molar-refractivity contribution >= 4 is 11.7 Å². The normalized spacial score (nSPS) is 11.9. The summed E-state index contributed by atoms with van der Waals surface area (Å²) in [4.78, 5) is 11.7. The number of methoxy groups -OCH3 is 1. The topological polar surface area (TPSA) is 59.6 Å². The van der Waals surface area contributed by atoms with Crippen LogP contribution in [0.1, 0.15) is 25.8 Å². The minimum absolute atomic E-state index is 0.163. The third-order valence-electron chi connectivity index (χ3n) is 2.88. The Kier molecular flexibility index (Phi) is 7.69. The number of carbonyl (C=O) groups is 1. The van der Waals surface area contributed by atoms with Crippen LogP contribution in [-0.2, 0) is 16.1 Å². The molecule has 0 bridgehead atoms. The second kappa shape index (κ2) is 9.34. The smallest absolute Gasteiger partial charge is 0.319 e. The molecule has 1 unspecified atom stereocenters. The Morgan fingerprint density at radius 3 is 2.85 bits per heavy atom. The quantitative estimate of drug-likeness (QED) is 0.720. The van der Waals surface area contributed by atoms with E-state index in [0.29, 0.717) is 19.8 Å². The third kappa shape index (κ3) is 6.54. The summed E-state index contributed by atoms with van der Waals surface area (Å²) < 4.78 is 10.4. The number of ether oxygens (including phenoxy) is 2. The lowest BCUT2D eigenvalue weighted by Gasteiger charge is -2.13. The van der Waals surface area contributed by atoms with Crippen molar-refractivity contribution < 1.29 is 14.3 Å². The number of nitrogens with one attached hydrogen (secondary N) is 2. The molecule has 1 rings (SSSR count). The molecule has 0 aliphatic heterocycles. The van der Waals surface area contributed by atoms with Crippen LogP contribution < -0.4 is 10.6 Å². The maximum Gasteiger partial charge on any atom is 0.319 e. The molecular weight excluding hydrogens is 256 g/mol. The lowest BCUT2D eigenvalue weighted by atomic mass is 10.2. The van der Waals surface area contributed by atoms with Crippen LogP contribution in [0.4, 0.5) is 10.5 Å². The largest absolute Gasteiger partial charge is 0.382 e. The highest BCUT2D eigenvalue weighted by Crippen LogP contribution is 2.11. The molecule has 0 spiro atoms. The molecule has 1 atom stereocenters.